The van der Waals surface area contributed by atoms with Crippen LogP contribution in [0.4, 0.5) is 4.79 Å². The van der Waals surface area contributed by atoms with E-state index in [-0.39, 0.29) is 18.6 Å². The number of carbonyl (C=O) groups is 3. The monoisotopic (exact) mass is 450 g/mol. The Balaban J connectivity index is 2.89. The lowest BCUT2D eigenvalue weighted by molar-refractivity contribution is -0.154. The van der Waals surface area contributed by atoms with Crippen LogP contribution in [0.5, 0.6) is 5.75 Å². The summed E-state index contributed by atoms with van der Waals surface area (Å²) in [7, 11) is 0. The second-order valence-corrected chi connectivity index (χ2v) is 10.6. The van der Waals surface area contributed by atoms with Crippen LogP contribution in [-0.4, -0.2) is 47.4 Å². The Labute approximate surface area is 191 Å². The quantitative estimate of drug-likeness (QED) is 0.613. The lowest BCUT2D eigenvalue weighted by atomic mass is 10.0. The fourth-order valence-corrected chi connectivity index (χ4v) is 2.60. The van der Waals surface area contributed by atoms with Crippen molar-refractivity contribution in [3.63, 3.8) is 0 Å². The summed E-state index contributed by atoms with van der Waals surface area (Å²) in [4.78, 5) is 37.0. The highest BCUT2D eigenvalue weighted by atomic mass is 16.6. The molecule has 0 fully saturated rings. The summed E-state index contributed by atoms with van der Waals surface area (Å²) >= 11 is 0. The first-order chi connectivity index (χ1) is 14.4. The van der Waals surface area contributed by atoms with Crippen molar-refractivity contribution in [2.45, 2.75) is 91.6 Å². The first-order valence-corrected chi connectivity index (χ1v) is 10.7. The molecule has 1 aromatic carbocycles. The van der Waals surface area contributed by atoms with Gasteiger partial charge in [-0.15, -0.1) is 0 Å². The molecule has 2 N–H and O–H groups in total. The summed E-state index contributed by atoms with van der Waals surface area (Å²) in [5, 5.41) is 5.12. The predicted octanol–water partition coefficient (Wildman–Crippen LogP) is 3.76. The molecule has 0 aliphatic heterocycles. The Morgan fingerprint density at radius 1 is 0.812 bits per heavy atom. The highest BCUT2D eigenvalue weighted by Gasteiger charge is 2.26. The van der Waals surface area contributed by atoms with Gasteiger partial charge in [-0.25, -0.2) is 4.79 Å². The Bertz CT molecular complexity index is 783. The summed E-state index contributed by atoms with van der Waals surface area (Å²) in [6, 6.07) is 6.33. The van der Waals surface area contributed by atoms with Gasteiger partial charge in [-0.05, 0) is 80.0 Å². The minimum absolute atomic E-state index is 0.204. The maximum atomic E-state index is 12.8. The number of nitrogens with one attached hydrogen (secondary N) is 2. The van der Waals surface area contributed by atoms with E-state index in [0.717, 1.165) is 5.56 Å². The number of rotatable bonds is 7. The van der Waals surface area contributed by atoms with Crippen LogP contribution in [0.3, 0.4) is 0 Å². The molecule has 1 aromatic rings. The number of ether oxygens (including phenoxy) is 3. The van der Waals surface area contributed by atoms with Crippen molar-refractivity contribution >= 4 is 18.0 Å². The van der Waals surface area contributed by atoms with Crippen LogP contribution in [0.2, 0.25) is 0 Å². The fraction of sp³-hybridized carbons (Fsp3) is 0.625. The molecule has 0 saturated carbocycles. The summed E-state index contributed by atoms with van der Waals surface area (Å²) in [6.07, 6.45) is -0.516. The zero-order valence-corrected chi connectivity index (χ0v) is 20.8. The van der Waals surface area contributed by atoms with Gasteiger partial charge in [0.2, 0.25) is 5.91 Å². The van der Waals surface area contributed by atoms with Gasteiger partial charge >= 0.3 is 12.1 Å². The summed E-state index contributed by atoms with van der Waals surface area (Å²) < 4.78 is 16.3. The van der Waals surface area contributed by atoms with Crippen LogP contribution in [-0.2, 0) is 25.5 Å². The first-order valence-electron chi connectivity index (χ1n) is 10.7. The second-order valence-electron chi connectivity index (χ2n) is 10.6. The van der Waals surface area contributed by atoms with Crippen molar-refractivity contribution in [3.05, 3.63) is 29.8 Å². The molecule has 2 amide bonds. The molecule has 0 aromatic heterocycles. The zero-order chi connectivity index (χ0) is 24.7. The third kappa shape index (κ3) is 12.2. The molecule has 0 radical (unpaired) electrons. The normalized spacial score (nSPS) is 13.0. The van der Waals surface area contributed by atoms with E-state index in [0.29, 0.717) is 5.75 Å². The van der Waals surface area contributed by atoms with Crippen molar-refractivity contribution in [1.29, 1.82) is 0 Å². The number of amides is 2. The van der Waals surface area contributed by atoms with Crippen molar-refractivity contribution < 1.29 is 28.6 Å². The van der Waals surface area contributed by atoms with Gasteiger partial charge in [0.1, 0.15) is 35.1 Å². The molecule has 180 valence electrons. The summed E-state index contributed by atoms with van der Waals surface area (Å²) in [6.45, 7) is 16.0. The van der Waals surface area contributed by atoms with E-state index in [4.69, 9.17) is 14.2 Å². The maximum absolute atomic E-state index is 12.8. The molecule has 0 heterocycles. The number of carbonyl (C=O) groups excluding carboxylic acids is 3. The molecule has 0 spiro atoms. The number of hydrogen-bond acceptors (Lipinski definition) is 6. The second kappa shape index (κ2) is 10.7. The SMILES string of the molecule is CC(C)(C)OC(=O)CNC(=O)C(Cc1ccc(OC(C)(C)C)cc1)NC(=O)OC(C)(C)C. The van der Waals surface area contributed by atoms with E-state index < -0.39 is 35.2 Å². The predicted molar refractivity (Wildman–Crippen MR) is 123 cm³/mol. The highest BCUT2D eigenvalue weighted by molar-refractivity contribution is 5.88. The Hall–Kier alpha value is -2.77. The van der Waals surface area contributed by atoms with Gasteiger partial charge in [-0.2, -0.15) is 0 Å². The highest BCUT2D eigenvalue weighted by Crippen LogP contribution is 2.19. The van der Waals surface area contributed by atoms with E-state index in [1.807, 2.05) is 45.0 Å². The van der Waals surface area contributed by atoms with Crippen molar-refractivity contribution in [3.8, 4) is 5.75 Å². The number of esters is 1. The topological polar surface area (TPSA) is 103 Å². The van der Waals surface area contributed by atoms with Crippen molar-refractivity contribution in [1.82, 2.24) is 10.6 Å². The van der Waals surface area contributed by atoms with Crippen LogP contribution in [0.15, 0.2) is 24.3 Å². The Morgan fingerprint density at radius 3 is 1.81 bits per heavy atom. The fourth-order valence-electron chi connectivity index (χ4n) is 2.60. The smallest absolute Gasteiger partial charge is 0.408 e. The van der Waals surface area contributed by atoms with Gasteiger partial charge in [0, 0.05) is 6.42 Å². The molecule has 1 unspecified atom stereocenters. The van der Waals surface area contributed by atoms with Crippen LogP contribution >= 0.6 is 0 Å². The van der Waals surface area contributed by atoms with E-state index in [1.165, 1.54) is 0 Å². The van der Waals surface area contributed by atoms with E-state index in [2.05, 4.69) is 10.6 Å². The van der Waals surface area contributed by atoms with Crippen LogP contribution in [0.1, 0.15) is 67.9 Å². The largest absolute Gasteiger partial charge is 0.488 e. The standard InChI is InChI=1S/C24H38N2O6/c1-22(2,3)30-17-12-10-16(11-13-17)14-18(26-21(29)32-24(7,8)9)20(28)25-15-19(27)31-23(4,5)6/h10-13,18H,14-15H2,1-9H3,(H,25,28)(H,26,29). The molecule has 32 heavy (non-hydrogen) atoms. The number of hydrogen-bond donors (Lipinski definition) is 2. The van der Waals surface area contributed by atoms with Crippen LogP contribution < -0.4 is 15.4 Å². The van der Waals surface area contributed by atoms with Crippen LogP contribution in [0.25, 0.3) is 0 Å². The molecule has 8 nitrogen and oxygen atoms in total. The molecule has 0 bridgehead atoms. The summed E-state index contributed by atoms with van der Waals surface area (Å²) in [5.74, 6) is -0.380. The zero-order valence-electron chi connectivity index (χ0n) is 20.8. The summed E-state index contributed by atoms with van der Waals surface area (Å²) in [5.41, 5.74) is -0.899. The molecular weight excluding hydrogens is 412 g/mol. The van der Waals surface area contributed by atoms with E-state index in [1.54, 1.807) is 41.5 Å². The van der Waals surface area contributed by atoms with Gasteiger partial charge in [-0.3, -0.25) is 9.59 Å². The number of alkyl carbamates (subject to hydrolysis) is 1. The maximum Gasteiger partial charge on any atom is 0.408 e. The average molecular weight is 451 g/mol. The van der Waals surface area contributed by atoms with Crippen LogP contribution in [0, 0.1) is 0 Å². The Morgan fingerprint density at radius 2 is 1.34 bits per heavy atom. The lowest BCUT2D eigenvalue weighted by Crippen LogP contribution is -2.50. The van der Waals surface area contributed by atoms with Gasteiger partial charge in [0.25, 0.3) is 0 Å². The molecule has 1 rings (SSSR count). The number of benzene rings is 1. The van der Waals surface area contributed by atoms with E-state index >= 15 is 0 Å². The minimum Gasteiger partial charge on any atom is -0.488 e. The van der Waals surface area contributed by atoms with Crippen molar-refractivity contribution in [2.24, 2.45) is 0 Å². The third-order valence-corrected chi connectivity index (χ3v) is 3.62. The van der Waals surface area contributed by atoms with Gasteiger partial charge < -0.3 is 24.8 Å². The molecular formula is C24H38N2O6. The van der Waals surface area contributed by atoms with E-state index in [9.17, 15) is 14.4 Å². The molecule has 8 heteroatoms. The van der Waals surface area contributed by atoms with Gasteiger partial charge in [0.15, 0.2) is 0 Å². The minimum atomic E-state index is -0.943. The Kier molecular flexibility index (Phi) is 9.12. The van der Waals surface area contributed by atoms with Gasteiger partial charge in [0.05, 0.1) is 0 Å². The molecule has 0 aliphatic rings. The van der Waals surface area contributed by atoms with Crippen molar-refractivity contribution in [2.75, 3.05) is 6.54 Å². The molecule has 0 aliphatic carbocycles. The lowest BCUT2D eigenvalue weighted by Gasteiger charge is -2.24. The molecule has 1 atom stereocenters. The third-order valence-electron chi connectivity index (χ3n) is 3.62. The molecule has 0 saturated heterocycles. The first kappa shape index (κ1) is 27.3. The van der Waals surface area contributed by atoms with Gasteiger partial charge in [-0.1, -0.05) is 12.1 Å². The average Bonchev–Trinajstić information content (AvgIpc) is 2.56.